The van der Waals surface area contributed by atoms with E-state index < -0.39 is 0 Å². The van der Waals surface area contributed by atoms with Gasteiger partial charge in [-0.15, -0.1) is 11.3 Å². The molecule has 0 saturated carbocycles. The van der Waals surface area contributed by atoms with Crippen LogP contribution in [0.2, 0.25) is 0 Å². The number of aromatic nitrogens is 5. The average Bonchev–Trinajstić information content (AvgIpc) is 3.41. The van der Waals surface area contributed by atoms with E-state index in [4.69, 9.17) is 10.2 Å². The smallest absolute Gasteiger partial charge is 0.232 e. The van der Waals surface area contributed by atoms with Crippen molar-refractivity contribution in [3.8, 4) is 6.07 Å². The standard InChI is InChI=1S/C20H25N9S/c1-12-9-16(28-27-12)24-20-25-18-17(30-11-22-18)19(26-20)23-13-3-4-14-5-6-15(10-13)29(14)8-2-7-21/h9,11,13-15H,2-6,8,10H2,1H3,(H3,23,24,25,26,27,28)/t13-,14?,15+/m1/s1. The van der Waals surface area contributed by atoms with Crippen molar-refractivity contribution < 1.29 is 0 Å². The molecule has 30 heavy (non-hydrogen) atoms. The third-order valence-electron chi connectivity index (χ3n) is 6.14. The molecule has 2 aliphatic heterocycles. The third kappa shape index (κ3) is 3.82. The largest absolute Gasteiger partial charge is 0.366 e. The molecule has 3 N–H and O–H groups in total. The van der Waals surface area contributed by atoms with E-state index in [0.29, 0.717) is 42.0 Å². The number of thiazole rings is 1. The first-order valence-corrected chi connectivity index (χ1v) is 11.4. The fraction of sp³-hybridized carbons (Fsp3) is 0.550. The Hall–Kier alpha value is -2.77. The summed E-state index contributed by atoms with van der Waals surface area (Å²) in [5, 5.41) is 23.0. The molecule has 5 heterocycles. The molecule has 10 heteroatoms. The zero-order valence-electron chi connectivity index (χ0n) is 16.9. The maximum atomic E-state index is 9.00. The van der Waals surface area contributed by atoms with Crippen LogP contribution in [0.3, 0.4) is 0 Å². The zero-order valence-corrected chi connectivity index (χ0v) is 17.7. The Bertz CT molecular complexity index is 1070. The van der Waals surface area contributed by atoms with Crippen LogP contribution < -0.4 is 10.6 Å². The van der Waals surface area contributed by atoms with Crippen LogP contribution >= 0.6 is 11.3 Å². The average molecular weight is 424 g/mol. The van der Waals surface area contributed by atoms with Gasteiger partial charge in [0.05, 0.1) is 11.6 Å². The van der Waals surface area contributed by atoms with Crippen LogP contribution in [0.5, 0.6) is 0 Å². The lowest BCUT2D eigenvalue weighted by Gasteiger charge is -2.27. The normalized spacial score (nSPS) is 23.9. The van der Waals surface area contributed by atoms with Crippen molar-refractivity contribution >= 4 is 39.3 Å². The van der Waals surface area contributed by atoms with E-state index in [0.717, 1.165) is 42.0 Å². The summed E-state index contributed by atoms with van der Waals surface area (Å²) in [6.45, 7) is 2.84. The number of rotatable bonds is 6. The van der Waals surface area contributed by atoms with E-state index in [9.17, 15) is 0 Å². The number of aryl methyl sites for hydroxylation is 1. The highest BCUT2D eigenvalue weighted by molar-refractivity contribution is 7.17. The van der Waals surface area contributed by atoms with E-state index in [1.54, 1.807) is 11.3 Å². The lowest BCUT2D eigenvalue weighted by molar-refractivity contribution is 0.198. The van der Waals surface area contributed by atoms with Crippen LogP contribution in [0.4, 0.5) is 17.6 Å². The first-order valence-electron chi connectivity index (χ1n) is 10.5. The Balaban J connectivity index is 1.36. The van der Waals surface area contributed by atoms with Crippen LogP contribution in [-0.4, -0.2) is 54.7 Å². The Kier molecular flexibility index (Phi) is 5.23. The van der Waals surface area contributed by atoms with Gasteiger partial charge < -0.3 is 10.6 Å². The molecule has 2 saturated heterocycles. The van der Waals surface area contributed by atoms with Crippen LogP contribution in [0, 0.1) is 18.3 Å². The van der Waals surface area contributed by atoms with E-state index in [2.05, 4.69) is 41.8 Å². The van der Waals surface area contributed by atoms with Gasteiger partial charge in [0.25, 0.3) is 0 Å². The molecule has 2 bridgehead atoms. The number of nitriles is 1. The van der Waals surface area contributed by atoms with Crippen LogP contribution in [0.15, 0.2) is 11.6 Å². The molecule has 2 fully saturated rings. The van der Waals surface area contributed by atoms with Crippen molar-refractivity contribution in [2.45, 2.75) is 63.6 Å². The number of nitrogens with zero attached hydrogens (tertiary/aromatic N) is 6. The van der Waals surface area contributed by atoms with Gasteiger partial charge in [-0.3, -0.25) is 10.00 Å². The minimum atomic E-state index is 0.352. The molecule has 1 unspecified atom stereocenters. The quantitative estimate of drug-likeness (QED) is 0.551. The van der Waals surface area contributed by atoms with Gasteiger partial charge in [-0.25, -0.2) is 4.98 Å². The van der Waals surface area contributed by atoms with Crippen molar-refractivity contribution in [1.29, 1.82) is 5.26 Å². The number of nitrogens with one attached hydrogen (secondary N) is 3. The number of hydrogen-bond donors (Lipinski definition) is 3. The predicted molar refractivity (Wildman–Crippen MR) is 117 cm³/mol. The molecule has 0 amide bonds. The molecular formula is C20H25N9S. The fourth-order valence-electron chi connectivity index (χ4n) is 4.80. The maximum Gasteiger partial charge on any atom is 0.232 e. The third-order valence-corrected chi connectivity index (χ3v) is 6.96. The number of anilines is 3. The van der Waals surface area contributed by atoms with Crippen molar-refractivity contribution in [2.24, 2.45) is 0 Å². The molecule has 0 aromatic carbocycles. The van der Waals surface area contributed by atoms with Gasteiger partial charge in [0.1, 0.15) is 4.70 Å². The Morgan fingerprint density at radius 1 is 1.27 bits per heavy atom. The molecule has 3 aromatic rings. The monoisotopic (exact) mass is 423 g/mol. The van der Waals surface area contributed by atoms with Crippen LogP contribution in [-0.2, 0) is 0 Å². The summed E-state index contributed by atoms with van der Waals surface area (Å²) in [6, 6.07) is 5.74. The molecule has 0 aliphatic carbocycles. The van der Waals surface area contributed by atoms with Crippen molar-refractivity contribution in [3.05, 3.63) is 17.3 Å². The van der Waals surface area contributed by atoms with Crippen molar-refractivity contribution in [2.75, 3.05) is 17.2 Å². The first kappa shape index (κ1) is 19.2. The Labute approximate surface area is 178 Å². The Morgan fingerprint density at radius 3 is 2.97 bits per heavy atom. The minimum absolute atomic E-state index is 0.352. The summed E-state index contributed by atoms with van der Waals surface area (Å²) < 4.78 is 0.981. The van der Waals surface area contributed by atoms with E-state index in [1.165, 1.54) is 12.8 Å². The van der Waals surface area contributed by atoms with Gasteiger partial charge in [-0.05, 0) is 39.0 Å². The molecule has 3 atom stereocenters. The zero-order chi connectivity index (χ0) is 20.5. The molecule has 156 valence electrons. The Morgan fingerprint density at radius 2 is 2.13 bits per heavy atom. The predicted octanol–water partition coefficient (Wildman–Crippen LogP) is 3.57. The van der Waals surface area contributed by atoms with Gasteiger partial charge in [-0.2, -0.15) is 20.3 Å². The summed E-state index contributed by atoms with van der Waals surface area (Å²) in [5.41, 5.74) is 3.48. The maximum absolute atomic E-state index is 9.00. The molecule has 2 aliphatic rings. The highest BCUT2D eigenvalue weighted by atomic mass is 32.1. The molecule has 3 aromatic heterocycles. The fourth-order valence-corrected chi connectivity index (χ4v) is 5.48. The molecular weight excluding hydrogens is 398 g/mol. The second-order valence-corrected chi connectivity index (χ2v) is 9.00. The second-order valence-electron chi connectivity index (χ2n) is 8.15. The lowest BCUT2D eigenvalue weighted by atomic mass is 9.97. The highest BCUT2D eigenvalue weighted by Gasteiger charge is 2.37. The number of fused-ring (bicyclic) bond motifs is 3. The number of aromatic amines is 1. The molecule has 5 rings (SSSR count). The van der Waals surface area contributed by atoms with Gasteiger partial charge in [-0.1, -0.05) is 0 Å². The van der Waals surface area contributed by atoms with Gasteiger partial charge in [0.2, 0.25) is 5.95 Å². The minimum Gasteiger partial charge on any atom is -0.366 e. The summed E-state index contributed by atoms with van der Waals surface area (Å²) in [7, 11) is 0. The van der Waals surface area contributed by atoms with Gasteiger partial charge in [0, 0.05) is 42.9 Å². The summed E-state index contributed by atoms with van der Waals surface area (Å²) in [4.78, 5) is 16.3. The van der Waals surface area contributed by atoms with Gasteiger partial charge in [0.15, 0.2) is 17.3 Å². The van der Waals surface area contributed by atoms with Gasteiger partial charge >= 0.3 is 0 Å². The van der Waals surface area contributed by atoms with E-state index >= 15 is 0 Å². The summed E-state index contributed by atoms with van der Waals surface area (Å²) in [5.74, 6) is 2.02. The molecule has 9 nitrogen and oxygen atoms in total. The molecule has 0 spiro atoms. The number of hydrogen-bond acceptors (Lipinski definition) is 9. The van der Waals surface area contributed by atoms with E-state index in [-0.39, 0.29) is 0 Å². The van der Waals surface area contributed by atoms with E-state index in [1.807, 2.05) is 18.5 Å². The number of H-pyrrole nitrogens is 1. The topological polar surface area (TPSA) is 118 Å². The summed E-state index contributed by atoms with van der Waals surface area (Å²) in [6.07, 6.45) is 6.43. The van der Waals surface area contributed by atoms with Crippen LogP contribution in [0.1, 0.15) is 44.2 Å². The van der Waals surface area contributed by atoms with Crippen molar-refractivity contribution in [1.82, 2.24) is 30.0 Å². The molecule has 0 radical (unpaired) electrons. The lowest BCUT2D eigenvalue weighted by Crippen LogP contribution is -2.36. The second kappa shape index (κ2) is 8.16. The van der Waals surface area contributed by atoms with Crippen LogP contribution in [0.25, 0.3) is 10.3 Å². The summed E-state index contributed by atoms with van der Waals surface area (Å²) >= 11 is 1.56. The SMILES string of the molecule is Cc1cc(Nc2nc(N[C@@H]3CCC4CC[C@@H](C3)N4CCC#N)c3scnc3n2)n[nH]1. The van der Waals surface area contributed by atoms with Crippen molar-refractivity contribution in [3.63, 3.8) is 0 Å². The first-order chi connectivity index (χ1) is 14.7. The highest BCUT2D eigenvalue weighted by Crippen LogP contribution is 2.36.